The van der Waals surface area contributed by atoms with Crippen molar-refractivity contribution in [2.45, 2.75) is 11.8 Å². The molecule has 39 heavy (non-hydrogen) atoms. The molecule has 0 atom stereocenters. The molecule has 0 saturated carbocycles. The minimum atomic E-state index is -4.16. The summed E-state index contributed by atoms with van der Waals surface area (Å²) in [5.41, 5.74) is 0.178. The fourth-order valence-electron chi connectivity index (χ4n) is 4.10. The van der Waals surface area contributed by atoms with Crippen LogP contribution in [0, 0.1) is 0 Å². The highest BCUT2D eigenvalue weighted by atomic mass is 35.5. The number of hydrogen-bond donors (Lipinski definition) is 0. The van der Waals surface area contributed by atoms with Crippen LogP contribution in [0.1, 0.15) is 27.8 Å². The number of rotatable bonds is 8. The summed E-state index contributed by atoms with van der Waals surface area (Å²) in [7, 11) is -4.16. The smallest absolute Gasteiger partial charge is 0.340 e. The van der Waals surface area contributed by atoms with Gasteiger partial charge in [-0.15, -0.1) is 0 Å². The fourth-order valence-corrected chi connectivity index (χ4v) is 6.40. The number of carbonyl (C=O) groups is 3. The number of furan rings is 1. The normalized spacial score (nSPS) is 13.7. The number of para-hydroxylation sites is 1. The summed E-state index contributed by atoms with van der Waals surface area (Å²) in [4.78, 5) is 40.6. The van der Waals surface area contributed by atoms with Crippen molar-refractivity contribution in [3.05, 3.63) is 82.2 Å². The van der Waals surface area contributed by atoms with E-state index in [1.165, 1.54) is 11.2 Å². The van der Waals surface area contributed by atoms with Gasteiger partial charge in [-0.3, -0.25) is 13.9 Å². The van der Waals surface area contributed by atoms with Gasteiger partial charge in [-0.2, -0.15) is 0 Å². The lowest BCUT2D eigenvalue weighted by Crippen LogP contribution is -2.51. The number of benzene rings is 2. The molecule has 1 fully saturated rings. The van der Waals surface area contributed by atoms with E-state index >= 15 is 0 Å². The molecular formula is C26H25Cl2N3O7S. The van der Waals surface area contributed by atoms with Gasteiger partial charge in [-0.05, 0) is 43.3 Å². The first-order valence-electron chi connectivity index (χ1n) is 12.0. The van der Waals surface area contributed by atoms with E-state index in [0.29, 0.717) is 18.8 Å². The Kier molecular flexibility index (Phi) is 8.83. The molecule has 0 N–H and O–H groups in total. The molecule has 1 aliphatic heterocycles. The Hall–Kier alpha value is -3.54. The average Bonchev–Trinajstić information content (AvgIpc) is 3.47. The monoisotopic (exact) mass is 593 g/mol. The molecule has 0 unspecified atom stereocenters. The third-order valence-corrected chi connectivity index (χ3v) is 8.80. The van der Waals surface area contributed by atoms with Crippen molar-refractivity contribution >= 4 is 56.7 Å². The van der Waals surface area contributed by atoms with Crippen molar-refractivity contribution in [3.63, 3.8) is 0 Å². The maximum Gasteiger partial charge on any atom is 0.340 e. The van der Waals surface area contributed by atoms with Crippen molar-refractivity contribution in [2.75, 3.05) is 43.6 Å². The molecule has 2 aromatic carbocycles. The van der Waals surface area contributed by atoms with E-state index < -0.39 is 28.5 Å². The molecule has 1 aliphatic rings. The predicted molar refractivity (Wildman–Crippen MR) is 145 cm³/mol. The Morgan fingerprint density at radius 2 is 1.62 bits per heavy atom. The molecule has 13 heteroatoms. The van der Waals surface area contributed by atoms with E-state index in [0.717, 1.165) is 16.4 Å². The lowest BCUT2D eigenvalue weighted by Gasteiger charge is -2.34. The molecule has 0 radical (unpaired) electrons. The third-order valence-electron chi connectivity index (χ3n) is 6.12. The van der Waals surface area contributed by atoms with Gasteiger partial charge in [0.25, 0.3) is 21.8 Å². The van der Waals surface area contributed by atoms with Crippen LogP contribution in [-0.2, 0) is 19.6 Å². The van der Waals surface area contributed by atoms with Gasteiger partial charge >= 0.3 is 5.97 Å². The van der Waals surface area contributed by atoms with Crippen LogP contribution in [0.3, 0.4) is 0 Å². The van der Waals surface area contributed by atoms with E-state index in [1.807, 2.05) is 0 Å². The maximum absolute atomic E-state index is 13.4. The van der Waals surface area contributed by atoms with Crippen LogP contribution in [0.15, 0.2) is 70.2 Å². The summed E-state index contributed by atoms with van der Waals surface area (Å²) in [6.07, 6.45) is 1.41. The Morgan fingerprint density at radius 3 is 2.23 bits per heavy atom. The lowest BCUT2D eigenvalue weighted by atomic mass is 10.2. The van der Waals surface area contributed by atoms with E-state index in [-0.39, 0.29) is 51.8 Å². The number of anilines is 1. The second-order valence-electron chi connectivity index (χ2n) is 8.49. The van der Waals surface area contributed by atoms with Crippen LogP contribution in [0.25, 0.3) is 0 Å². The minimum absolute atomic E-state index is 0.111. The standard InChI is InChI=1S/C26H25Cl2N3O7S/c1-2-31(18-7-4-3-5-8-18)39(35,36)23-15-19(20(27)16-21(23)28)26(34)38-17-24(32)29-10-12-30(13-11-29)25(33)22-9-6-14-37-22/h3-9,14-16H,2,10-13,17H2,1H3. The molecule has 10 nitrogen and oxygen atoms in total. The number of esters is 1. The molecule has 206 valence electrons. The number of nitrogens with zero attached hydrogens (tertiary/aromatic N) is 3. The Morgan fingerprint density at radius 1 is 0.949 bits per heavy atom. The highest BCUT2D eigenvalue weighted by Crippen LogP contribution is 2.33. The number of hydrogen-bond acceptors (Lipinski definition) is 7. The van der Waals surface area contributed by atoms with Crippen molar-refractivity contribution in [1.29, 1.82) is 0 Å². The van der Waals surface area contributed by atoms with E-state index in [9.17, 15) is 22.8 Å². The zero-order chi connectivity index (χ0) is 28.2. The van der Waals surface area contributed by atoms with Crippen LogP contribution < -0.4 is 4.31 Å². The van der Waals surface area contributed by atoms with E-state index in [1.54, 1.807) is 54.3 Å². The summed E-state index contributed by atoms with van der Waals surface area (Å²) in [5, 5.41) is -0.284. The quantitative estimate of drug-likeness (QED) is 0.363. The first-order chi connectivity index (χ1) is 18.6. The Labute approximate surface area is 235 Å². The molecule has 2 amide bonds. The summed E-state index contributed by atoms with van der Waals surface area (Å²) in [6.45, 7) is 2.27. The molecular weight excluding hydrogens is 569 g/mol. The topological polar surface area (TPSA) is 117 Å². The predicted octanol–water partition coefficient (Wildman–Crippen LogP) is 3.94. The van der Waals surface area contributed by atoms with Gasteiger partial charge in [0, 0.05) is 32.7 Å². The second-order valence-corrected chi connectivity index (χ2v) is 11.1. The number of ether oxygens (including phenoxy) is 1. The van der Waals surface area contributed by atoms with Crippen molar-refractivity contribution in [1.82, 2.24) is 9.80 Å². The van der Waals surface area contributed by atoms with Crippen molar-refractivity contribution < 1.29 is 32.0 Å². The van der Waals surface area contributed by atoms with Gasteiger partial charge in [0.05, 0.1) is 27.6 Å². The summed E-state index contributed by atoms with van der Waals surface area (Å²) >= 11 is 12.4. The van der Waals surface area contributed by atoms with Crippen LogP contribution in [0.5, 0.6) is 0 Å². The van der Waals surface area contributed by atoms with E-state index in [4.69, 9.17) is 32.4 Å². The van der Waals surface area contributed by atoms with Crippen LogP contribution >= 0.6 is 23.2 Å². The van der Waals surface area contributed by atoms with Gasteiger partial charge in [0.15, 0.2) is 12.4 Å². The molecule has 0 aliphatic carbocycles. The van der Waals surface area contributed by atoms with Crippen LogP contribution in [-0.4, -0.2) is 75.3 Å². The second kappa shape index (κ2) is 12.1. The lowest BCUT2D eigenvalue weighted by molar-refractivity contribution is -0.136. The van der Waals surface area contributed by atoms with Crippen molar-refractivity contribution in [3.8, 4) is 0 Å². The van der Waals surface area contributed by atoms with Gasteiger partial charge in [0.1, 0.15) is 4.90 Å². The summed E-state index contributed by atoms with van der Waals surface area (Å²) in [6, 6.07) is 13.8. The fraction of sp³-hybridized carbons (Fsp3) is 0.269. The number of carbonyl (C=O) groups excluding carboxylic acids is 3. The molecule has 0 spiro atoms. The van der Waals surface area contributed by atoms with Crippen LogP contribution in [0.2, 0.25) is 10.0 Å². The van der Waals surface area contributed by atoms with Gasteiger partial charge in [0.2, 0.25) is 0 Å². The van der Waals surface area contributed by atoms with Crippen LogP contribution in [0.4, 0.5) is 5.69 Å². The molecule has 0 bridgehead atoms. The molecule has 3 aromatic rings. The largest absolute Gasteiger partial charge is 0.459 e. The molecule has 1 saturated heterocycles. The molecule has 4 rings (SSSR count). The SMILES string of the molecule is CCN(c1ccccc1)S(=O)(=O)c1cc(C(=O)OCC(=O)N2CCN(C(=O)c3ccco3)CC2)c(Cl)cc1Cl. The minimum Gasteiger partial charge on any atom is -0.459 e. The zero-order valence-corrected chi connectivity index (χ0v) is 23.2. The van der Waals surface area contributed by atoms with Gasteiger partial charge in [-0.25, -0.2) is 13.2 Å². The first-order valence-corrected chi connectivity index (χ1v) is 14.2. The average molecular weight is 594 g/mol. The van der Waals surface area contributed by atoms with E-state index in [2.05, 4.69) is 0 Å². The molecule has 1 aromatic heterocycles. The Bertz CT molecular complexity index is 1460. The number of halogens is 2. The zero-order valence-electron chi connectivity index (χ0n) is 20.9. The number of amides is 2. The number of sulfonamides is 1. The first kappa shape index (κ1) is 28.5. The summed E-state index contributed by atoms with van der Waals surface area (Å²) < 4.78 is 38.3. The maximum atomic E-state index is 13.4. The van der Waals surface area contributed by atoms with Gasteiger partial charge in [-0.1, -0.05) is 41.4 Å². The summed E-state index contributed by atoms with van der Waals surface area (Å²) in [5.74, 6) is -1.49. The highest BCUT2D eigenvalue weighted by Gasteiger charge is 2.30. The van der Waals surface area contributed by atoms with Crippen molar-refractivity contribution in [2.24, 2.45) is 0 Å². The highest BCUT2D eigenvalue weighted by molar-refractivity contribution is 7.93. The number of piperazine rings is 1. The van der Waals surface area contributed by atoms with Gasteiger partial charge < -0.3 is 19.0 Å². The third kappa shape index (κ3) is 6.21. The Balaban J connectivity index is 1.42. The molecule has 2 heterocycles.